The van der Waals surface area contributed by atoms with Crippen LogP contribution in [0, 0.1) is 0 Å². The number of amides is 2. The molecule has 2 amide bonds. The van der Waals surface area contributed by atoms with Crippen LogP contribution in [-0.2, 0) is 9.59 Å². The lowest BCUT2D eigenvalue weighted by Gasteiger charge is -2.17. The Morgan fingerprint density at radius 3 is 2.50 bits per heavy atom. The minimum absolute atomic E-state index is 0.0107. The third-order valence-corrected chi connectivity index (χ3v) is 4.56. The largest absolute Gasteiger partial charge is 0.350 e. The van der Waals surface area contributed by atoms with Gasteiger partial charge in [-0.2, -0.15) is 0 Å². The maximum atomic E-state index is 12.5. The van der Waals surface area contributed by atoms with E-state index in [4.69, 9.17) is 0 Å². The molecule has 0 aromatic heterocycles. The first-order valence-corrected chi connectivity index (χ1v) is 8.27. The van der Waals surface area contributed by atoms with Crippen molar-refractivity contribution in [2.24, 2.45) is 0 Å². The number of benzene rings is 2. The molecule has 2 aromatic carbocycles. The van der Waals surface area contributed by atoms with Gasteiger partial charge in [0.2, 0.25) is 11.8 Å². The summed E-state index contributed by atoms with van der Waals surface area (Å²) >= 11 is 0. The van der Waals surface area contributed by atoms with Crippen molar-refractivity contribution in [2.75, 3.05) is 11.4 Å². The quantitative estimate of drug-likeness (QED) is 0.938. The van der Waals surface area contributed by atoms with Gasteiger partial charge in [0.25, 0.3) is 0 Å². The van der Waals surface area contributed by atoms with Crippen molar-refractivity contribution in [3.63, 3.8) is 0 Å². The number of nitrogens with one attached hydrogen (secondary N) is 1. The van der Waals surface area contributed by atoms with Gasteiger partial charge in [0, 0.05) is 31.5 Å². The average molecular weight is 322 g/mol. The molecule has 0 spiro atoms. The smallest absolute Gasteiger partial charge is 0.223 e. The summed E-state index contributed by atoms with van der Waals surface area (Å²) in [7, 11) is 0. The van der Waals surface area contributed by atoms with E-state index in [9.17, 15) is 9.59 Å². The van der Waals surface area contributed by atoms with Crippen LogP contribution in [0.25, 0.3) is 0 Å². The highest BCUT2D eigenvalue weighted by molar-refractivity contribution is 5.94. The van der Waals surface area contributed by atoms with Crippen LogP contribution in [0.5, 0.6) is 0 Å². The van der Waals surface area contributed by atoms with Gasteiger partial charge in [0.1, 0.15) is 0 Å². The fourth-order valence-corrected chi connectivity index (χ4v) is 3.32. The van der Waals surface area contributed by atoms with Crippen LogP contribution in [0.2, 0.25) is 0 Å². The summed E-state index contributed by atoms with van der Waals surface area (Å²) in [5, 5.41) is 3.06. The molecular formula is C20H22N2O2. The van der Waals surface area contributed by atoms with Gasteiger partial charge in [-0.1, -0.05) is 48.5 Å². The standard InChI is InChI=1S/C20H22N2O2/c1-14(16-8-4-3-5-9-16)21-20(24)12-17-13-22(15(2)23)19-11-7-6-10-18(17)19/h3-11,14,17H,12-13H2,1-2H3,(H,21,24). The number of anilines is 1. The summed E-state index contributed by atoms with van der Waals surface area (Å²) in [6.07, 6.45) is 0.387. The Morgan fingerprint density at radius 1 is 1.12 bits per heavy atom. The molecule has 1 N–H and O–H groups in total. The first kappa shape index (κ1) is 16.2. The van der Waals surface area contributed by atoms with E-state index in [0.29, 0.717) is 13.0 Å². The molecule has 1 aliphatic rings. The minimum atomic E-state index is -0.0285. The van der Waals surface area contributed by atoms with Gasteiger partial charge in [-0.3, -0.25) is 9.59 Å². The van der Waals surface area contributed by atoms with Crippen LogP contribution >= 0.6 is 0 Å². The molecule has 4 heteroatoms. The molecule has 124 valence electrons. The normalized spacial score (nSPS) is 17.2. The van der Waals surface area contributed by atoms with Crippen molar-refractivity contribution in [2.45, 2.75) is 32.2 Å². The molecule has 1 heterocycles. The number of hydrogen-bond donors (Lipinski definition) is 1. The SMILES string of the molecule is CC(=O)N1CC(CC(=O)NC(C)c2ccccc2)c2ccccc21. The fourth-order valence-electron chi connectivity index (χ4n) is 3.32. The number of para-hydroxylation sites is 1. The number of carbonyl (C=O) groups excluding carboxylic acids is 2. The van der Waals surface area contributed by atoms with E-state index in [0.717, 1.165) is 16.8 Å². The minimum Gasteiger partial charge on any atom is -0.350 e. The molecule has 1 aliphatic heterocycles. The van der Waals surface area contributed by atoms with Gasteiger partial charge in [-0.05, 0) is 24.1 Å². The highest BCUT2D eigenvalue weighted by Crippen LogP contribution is 2.37. The second-order valence-corrected chi connectivity index (χ2v) is 6.29. The van der Waals surface area contributed by atoms with Gasteiger partial charge in [0.05, 0.1) is 6.04 Å². The second-order valence-electron chi connectivity index (χ2n) is 6.29. The fraction of sp³-hybridized carbons (Fsp3) is 0.300. The van der Waals surface area contributed by atoms with Crippen LogP contribution in [0.3, 0.4) is 0 Å². The number of rotatable bonds is 4. The van der Waals surface area contributed by atoms with Gasteiger partial charge < -0.3 is 10.2 Å². The van der Waals surface area contributed by atoms with Crippen molar-refractivity contribution < 1.29 is 9.59 Å². The maximum Gasteiger partial charge on any atom is 0.223 e. The Balaban J connectivity index is 1.68. The molecule has 0 bridgehead atoms. The molecule has 0 saturated heterocycles. The topological polar surface area (TPSA) is 49.4 Å². The summed E-state index contributed by atoms with van der Waals surface area (Å²) in [6, 6.07) is 17.7. The van der Waals surface area contributed by atoms with E-state index in [1.54, 1.807) is 11.8 Å². The Hall–Kier alpha value is -2.62. The molecule has 3 rings (SSSR count). The predicted molar refractivity (Wildman–Crippen MR) is 94.8 cm³/mol. The highest BCUT2D eigenvalue weighted by Gasteiger charge is 2.31. The molecule has 0 fully saturated rings. The summed E-state index contributed by atoms with van der Waals surface area (Å²) in [5.74, 6) is 0.0765. The van der Waals surface area contributed by atoms with Crippen LogP contribution < -0.4 is 10.2 Å². The van der Waals surface area contributed by atoms with E-state index in [1.807, 2.05) is 61.5 Å². The van der Waals surface area contributed by atoms with Gasteiger partial charge in [-0.15, -0.1) is 0 Å². The Labute approximate surface area is 142 Å². The third kappa shape index (κ3) is 3.32. The van der Waals surface area contributed by atoms with Crippen molar-refractivity contribution in [1.29, 1.82) is 0 Å². The Bertz CT molecular complexity index is 742. The third-order valence-electron chi connectivity index (χ3n) is 4.56. The Kier molecular flexibility index (Phi) is 4.65. The van der Waals surface area contributed by atoms with E-state index < -0.39 is 0 Å². The first-order valence-electron chi connectivity index (χ1n) is 8.27. The molecule has 0 saturated carbocycles. The lowest BCUT2D eigenvalue weighted by molar-refractivity contribution is -0.122. The monoisotopic (exact) mass is 322 g/mol. The van der Waals surface area contributed by atoms with E-state index in [1.165, 1.54) is 0 Å². The van der Waals surface area contributed by atoms with Gasteiger partial charge in [0.15, 0.2) is 0 Å². The lowest BCUT2D eigenvalue weighted by atomic mass is 9.97. The van der Waals surface area contributed by atoms with E-state index in [-0.39, 0.29) is 23.8 Å². The maximum absolute atomic E-state index is 12.5. The van der Waals surface area contributed by atoms with Crippen molar-refractivity contribution in [3.8, 4) is 0 Å². The van der Waals surface area contributed by atoms with Crippen molar-refractivity contribution in [1.82, 2.24) is 5.32 Å². The van der Waals surface area contributed by atoms with Gasteiger partial charge >= 0.3 is 0 Å². The number of fused-ring (bicyclic) bond motifs is 1. The second kappa shape index (κ2) is 6.87. The summed E-state index contributed by atoms with van der Waals surface area (Å²) < 4.78 is 0. The van der Waals surface area contributed by atoms with Crippen molar-refractivity contribution >= 4 is 17.5 Å². The zero-order chi connectivity index (χ0) is 17.1. The Morgan fingerprint density at radius 2 is 1.79 bits per heavy atom. The molecule has 2 unspecified atom stereocenters. The number of carbonyl (C=O) groups is 2. The highest BCUT2D eigenvalue weighted by atomic mass is 16.2. The molecular weight excluding hydrogens is 300 g/mol. The molecule has 24 heavy (non-hydrogen) atoms. The predicted octanol–water partition coefficient (Wildman–Crippen LogP) is 3.40. The first-order chi connectivity index (χ1) is 11.6. The molecule has 0 radical (unpaired) electrons. The number of hydrogen-bond acceptors (Lipinski definition) is 2. The zero-order valence-corrected chi connectivity index (χ0v) is 14.0. The van der Waals surface area contributed by atoms with Crippen LogP contribution in [0.4, 0.5) is 5.69 Å². The van der Waals surface area contributed by atoms with Gasteiger partial charge in [-0.25, -0.2) is 0 Å². The zero-order valence-electron chi connectivity index (χ0n) is 14.0. The molecule has 2 aromatic rings. The lowest BCUT2D eigenvalue weighted by Crippen LogP contribution is -2.31. The molecule has 2 atom stereocenters. The summed E-state index contributed by atoms with van der Waals surface area (Å²) in [5.41, 5.74) is 3.09. The van der Waals surface area contributed by atoms with Crippen LogP contribution in [0.1, 0.15) is 43.4 Å². The van der Waals surface area contributed by atoms with Crippen LogP contribution in [0.15, 0.2) is 54.6 Å². The average Bonchev–Trinajstić information content (AvgIpc) is 2.94. The van der Waals surface area contributed by atoms with E-state index in [2.05, 4.69) is 5.32 Å². The summed E-state index contributed by atoms with van der Waals surface area (Å²) in [6.45, 7) is 4.12. The van der Waals surface area contributed by atoms with E-state index >= 15 is 0 Å². The summed E-state index contributed by atoms with van der Waals surface area (Å²) in [4.78, 5) is 26.0. The molecule has 4 nitrogen and oxygen atoms in total. The van der Waals surface area contributed by atoms with Crippen molar-refractivity contribution in [3.05, 3.63) is 65.7 Å². The van der Waals surface area contributed by atoms with Crippen LogP contribution in [-0.4, -0.2) is 18.4 Å². The number of nitrogens with zero attached hydrogens (tertiary/aromatic N) is 1. The molecule has 0 aliphatic carbocycles.